The van der Waals surface area contributed by atoms with Gasteiger partial charge in [0.15, 0.2) is 5.65 Å². The quantitative estimate of drug-likeness (QED) is 0.711. The van der Waals surface area contributed by atoms with E-state index in [1.807, 2.05) is 0 Å². The molecular formula is C13H10F2N4. The molecule has 96 valence electrons. The third-order valence-electron chi connectivity index (χ3n) is 2.87. The summed E-state index contributed by atoms with van der Waals surface area (Å²) in [6.45, 7) is 1.92. The Morgan fingerprint density at radius 3 is 2.89 bits per heavy atom. The van der Waals surface area contributed by atoms with Crippen LogP contribution >= 0.6 is 0 Å². The zero-order chi connectivity index (χ0) is 13.4. The number of fused-ring (bicyclic) bond motifs is 1. The Balaban J connectivity index is 2.09. The van der Waals surface area contributed by atoms with E-state index in [1.165, 1.54) is 29.1 Å². The fraction of sp³-hybridized carbons (Fsp3) is 0.154. The van der Waals surface area contributed by atoms with Crippen molar-refractivity contribution < 1.29 is 8.78 Å². The van der Waals surface area contributed by atoms with Crippen molar-refractivity contribution in [1.29, 1.82) is 0 Å². The van der Waals surface area contributed by atoms with Crippen LogP contribution in [-0.4, -0.2) is 19.7 Å². The summed E-state index contributed by atoms with van der Waals surface area (Å²) in [5.41, 5.74) is 1.44. The second-order valence-corrected chi connectivity index (χ2v) is 4.20. The Morgan fingerprint density at radius 2 is 2.11 bits per heavy atom. The lowest BCUT2D eigenvalue weighted by Crippen LogP contribution is -2.06. The van der Waals surface area contributed by atoms with Gasteiger partial charge in [-0.15, -0.1) is 0 Å². The molecule has 3 aromatic rings. The van der Waals surface area contributed by atoms with Crippen LogP contribution in [0.1, 0.15) is 11.4 Å². The molecule has 3 rings (SSSR count). The fourth-order valence-corrected chi connectivity index (χ4v) is 1.97. The van der Waals surface area contributed by atoms with Crippen molar-refractivity contribution in [3.8, 4) is 0 Å². The largest absolute Gasteiger partial charge is 0.256 e. The number of aromatic nitrogens is 4. The zero-order valence-corrected chi connectivity index (χ0v) is 10.1. The second kappa shape index (κ2) is 4.38. The standard InChI is InChI=1S/C13H10F2N4/c1-8-10-5-9(14)6-17-13(10)19(18-8)7-12-11(15)3-2-4-16-12/h2-6H,7H2,1H3. The van der Waals surface area contributed by atoms with Crippen LogP contribution in [0, 0.1) is 18.6 Å². The smallest absolute Gasteiger partial charge is 0.158 e. The van der Waals surface area contributed by atoms with E-state index in [0.717, 1.165) is 6.20 Å². The van der Waals surface area contributed by atoms with Gasteiger partial charge in [0.05, 0.1) is 24.1 Å². The third-order valence-corrected chi connectivity index (χ3v) is 2.87. The zero-order valence-electron chi connectivity index (χ0n) is 10.1. The molecule has 3 aromatic heterocycles. The topological polar surface area (TPSA) is 43.6 Å². The van der Waals surface area contributed by atoms with Crippen molar-refractivity contribution in [3.05, 3.63) is 53.6 Å². The molecule has 0 aliphatic heterocycles. The van der Waals surface area contributed by atoms with E-state index in [-0.39, 0.29) is 12.2 Å². The Kier molecular flexibility index (Phi) is 2.70. The summed E-state index contributed by atoms with van der Waals surface area (Å²) >= 11 is 0. The molecule has 0 unspecified atom stereocenters. The Labute approximate surface area is 107 Å². The maximum Gasteiger partial charge on any atom is 0.158 e. The van der Waals surface area contributed by atoms with Crippen molar-refractivity contribution in [2.45, 2.75) is 13.5 Å². The summed E-state index contributed by atoms with van der Waals surface area (Å²) in [4.78, 5) is 7.97. The molecule has 0 saturated carbocycles. The highest BCUT2D eigenvalue weighted by atomic mass is 19.1. The number of nitrogens with zero attached hydrogens (tertiary/aromatic N) is 4. The number of pyridine rings is 2. The Hall–Kier alpha value is -2.37. The van der Waals surface area contributed by atoms with E-state index in [4.69, 9.17) is 0 Å². The molecule has 19 heavy (non-hydrogen) atoms. The molecule has 0 aromatic carbocycles. The van der Waals surface area contributed by atoms with Crippen LogP contribution in [-0.2, 0) is 6.54 Å². The summed E-state index contributed by atoms with van der Waals surface area (Å²) in [5.74, 6) is -0.815. The van der Waals surface area contributed by atoms with Crippen LogP contribution in [0.25, 0.3) is 11.0 Å². The number of hydrogen-bond acceptors (Lipinski definition) is 3. The predicted octanol–water partition coefficient (Wildman–Crippen LogP) is 2.46. The van der Waals surface area contributed by atoms with Crippen molar-refractivity contribution in [2.24, 2.45) is 0 Å². The van der Waals surface area contributed by atoms with Crippen LogP contribution in [0.5, 0.6) is 0 Å². The van der Waals surface area contributed by atoms with Gasteiger partial charge in [0.2, 0.25) is 0 Å². The molecule has 0 fully saturated rings. The minimum Gasteiger partial charge on any atom is -0.256 e. The SMILES string of the molecule is Cc1nn(Cc2ncccc2F)c2ncc(F)cc12. The molecule has 0 aliphatic rings. The fourth-order valence-electron chi connectivity index (χ4n) is 1.97. The van der Waals surface area contributed by atoms with Gasteiger partial charge in [-0.1, -0.05) is 0 Å². The van der Waals surface area contributed by atoms with Gasteiger partial charge in [-0.05, 0) is 25.1 Å². The molecule has 0 atom stereocenters. The maximum atomic E-state index is 13.6. The second-order valence-electron chi connectivity index (χ2n) is 4.20. The molecule has 0 N–H and O–H groups in total. The van der Waals surface area contributed by atoms with Crippen LogP contribution in [0.4, 0.5) is 8.78 Å². The highest BCUT2D eigenvalue weighted by Crippen LogP contribution is 2.18. The van der Waals surface area contributed by atoms with Crippen LogP contribution in [0.3, 0.4) is 0 Å². The highest BCUT2D eigenvalue weighted by molar-refractivity contribution is 5.77. The van der Waals surface area contributed by atoms with Crippen LogP contribution < -0.4 is 0 Å². The average Bonchev–Trinajstić information content (AvgIpc) is 2.69. The van der Waals surface area contributed by atoms with Crippen molar-refractivity contribution >= 4 is 11.0 Å². The van der Waals surface area contributed by atoms with Crippen molar-refractivity contribution in [1.82, 2.24) is 19.7 Å². The molecule has 0 saturated heterocycles. The summed E-state index contributed by atoms with van der Waals surface area (Å²) in [5, 5.41) is 4.87. The van der Waals surface area contributed by atoms with Gasteiger partial charge in [-0.25, -0.2) is 18.4 Å². The summed E-state index contributed by atoms with van der Waals surface area (Å²) in [6.07, 6.45) is 2.64. The normalized spacial score (nSPS) is 11.1. The first-order valence-corrected chi connectivity index (χ1v) is 5.73. The molecule has 0 spiro atoms. The number of hydrogen-bond donors (Lipinski definition) is 0. The Morgan fingerprint density at radius 1 is 1.26 bits per heavy atom. The van der Waals surface area contributed by atoms with E-state index in [0.29, 0.717) is 16.7 Å². The molecular weight excluding hydrogens is 250 g/mol. The van der Waals surface area contributed by atoms with Gasteiger partial charge in [0, 0.05) is 11.6 Å². The maximum absolute atomic E-state index is 13.6. The van der Waals surface area contributed by atoms with Gasteiger partial charge in [-0.2, -0.15) is 5.10 Å². The van der Waals surface area contributed by atoms with E-state index in [9.17, 15) is 8.78 Å². The number of halogens is 2. The van der Waals surface area contributed by atoms with E-state index >= 15 is 0 Å². The van der Waals surface area contributed by atoms with Gasteiger partial charge >= 0.3 is 0 Å². The van der Waals surface area contributed by atoms with Gasteiger partial charge in [0.1, 0.15) is 11.6 Å². The van der Waals surface area contributed by atoms with E-state index in [1.54, 1.807) is 6.92 Å². The van der Waals surface area contributed by atoms with E-state index in [2.05, 4.69) is 15.1 Å². The molecule has 0 bridgehead atoms. The van der Waals surface area contributed by atoms with Gasteiger partial charge < -0.3 is 0 Å². The van der Waals surface area contributed by atoms with Crippen molar-refractivity contribution in [2.75, 3.05) is 0 Å². The Bertz CT molecular complexity index is 751. The molecule has 4 nitrogen and oxygen atoms in total. The monoisotopic (exact) mass is 260 g/mol. The van der Waals surface area contributed by atoms with Crippen molar-refractivity contribution in [3.63, 3.8) is 0 Å². The number of aryl methyl sites for hydroxylation is 1. The first-order valence-electron chi connectivity index (χ1n) is 5.73. The third kappa shape index (κ3) is 2.05. The summed E-state index contributed by atoms with van der Waals surface area (Å²) < 4.78 is 28.2. The predicted molar refractivity (Wildman–Crippen MR) is 65.5 cm³/mol. The molecule has 0 radical (unpaired) electrons. The van der Waals surface area contributed by atoms with Gasteiger partial charge in [0.25, 0.3) is 0 Å². The first kappa shape index (κ1) is 11.7. The highest BCUT2D eigenvalue weighted by Gasteiger charge is 2.12. The average molecular weight is 260 g/mol. The lowest BCUT2D eigenvalue weighted by molar-refractivity contribution is 0.573. The minimum atomic E-state index is -0.417. The lowest BCUT2D eigenvalue weighted by Gasteiger charge is -2.03. The number of rotatable bonds is 2. The summed E-state index contributed by atoms with van der Waals surface area (Å²) in [6, 6.07) is 4.24. The van der Waals surface area contributed by atoms with Gasteiger partial charge in [-0.3, -0.25) is 4.98 Å². The minimum absolute atomic E-state index is 0.162. The van der Waals surface area contributed by atoms with E-state index < -0.39 is 11.6 Å². The molecule has 0 aliphatic carbocycles. The first-order chi connectivity index (χ1) is 9.15. The summed E-state index contributed by atoms with van der Waals surface area (Å²) in [7, 11) is 0. The molecule has 3 heterocycles. The molecule has 0 amide bonds. The lowest BCUT2D eigenvalue weighted by atomic mass is 10.3. The van der Waals surface area contributed by atoms with Crippen LogP contribution in [0.2, 0.25) is 0 Å². The van der Waals surface area contributed by atoms with Crippen LogP contribution in [0.15, 0.2) is 30.6 Å². The molecule has 6 heteroatoms.